The first kappa shape index (κ1) is 15.9. The molecule has 0 spiro atoms. The van der Waals surface area contributed by atoms with Crippen molar-refractivity contribution in [3.8, 4) is 0 Å². The van der Waals surface area contributed by atoms with E-state index in [1.165, 1.54) is 32.1 Å². The zero-order chi connectivity index (χ0) is 14.5. The van der Waals surface area contributed by atoms with Crippen molar-refractivity contribution < 1.29 is 0 Å². The summed E-state index contributed by atoms with van der Waals surface area (Å²) in [4.78, 5) is 2.03. The van der Waals surface area contributed by atoms with E-state index >= 15 is 0 Å². The van der Waals surface area contributed by atoms with E-state index in [1.54, 1.807) is 6.07 Å². The Labute approximate surface area is 136 Å². The third-order valence-electron chi connectivity index (χ3n) is 3.70. The second kappa shape index (κ2) is 7.48. The number of benzene rings is 1. The first-order valence-electron chi connectivity index (χ1n) is 7.02. The molecule has 0 bridgehead atoms. The Bertz CT molecular complexity index is 473. The van der Waals surface area contributed by atoms with Crippen molar-refractivity contribution in [2.45, 2.75) is 44.7 Å². The Morgan fingerprint density at radius 1 is 1.30 bits per heavy atom. The lowest BCUT2D eigenvalue weighted by Crippen LogP contribution is -2.43. The van der Waals surface area contributed by atoms with Gasteiger partial charge < -0.3 is 10.2 Å². The molecule has 0 saturated heterocycles. The fourth-order valence-corrected chi connectivity index (χ4v) is 3.21. The zero-order valence-corrected chi connectivity index (χ0v) is 14.0. The van der Waals surface area contributed by atoms with E-state index in [0.717, 1.165) is 10.7 Å². The van der Waals surface area contributed by atoms with Gasteiger partial charge in [0.15, 0.2) is 5.11 Å². The maximum atomic E-state index is 6.20. The Balaban J connectivity index is 1.89. The number of thiocarbonyl (C=S) groups is 1. The Morgan fingerprint density at radius 3 is 2.65 bits per heavy atom. The molecule has 1 saturated carbocycles. The van der Waals surface area contributed by atoms with Crippen LogP contribution in [0.3, 0.4) is 0 Å². The predicted octanol–water partition coefficient (Wildman–Crippen LogP) is 4.63. The SMILES string of the molecule is CN(Cc1ccc(Cl)cc1Cl)C(=S)NC1CCCCC1. The van der Waals surface area contributed by atoms with Crippen molar-refractivity contribution in [3.05, 3.63) is 33.8 Å². The van der Waals surface area contributed by atoms with Crippen LogP contribution in [-0.4, -0.2) is 23.1 Å². The lowest BCUT2D eigenvalue weighted by atomic mass is 9.96. The summed E-state index contributed by atoms with van der Waals surface area (Å²) in [6.07, 6.45) is 6.38. The van der Waals surface area contributed by atoms with Crippen LogP contribution in [0.15, 0.2) is 18.2 Å². The van der Waals surface area contributed by atoms with Crippen LogP contribution in [-0.2, 0) is 6.54 Å². The number of halogens is 2. The van der Waals surface area contributed by atoms with E-state index in [-0.39, 0.29) is 0 Å². The number of nitrogens with one attached hydrogen (secondary N) is 1. The van der Waals surface area contributed by atoms with Gasteiger partial charge in [-0.25, -0.2) is 0 Å². The fraction of sp³-hybridized carbons (Fsp3) is 0.533. The quantitative estimate of drug-likeness (QED) is 0.813. The van der Waals surface area contributed by atoms with Gasteiger partial charge in [-0.1, -0.05) is 48.5 Å². The maximum absolute atomic E-state index is 6.20. The van der Waals surface area contributed by atoms with E-state index in [4.69, 9.17) is 35.4 Å². The first-order valence-corrected chi connectivity index (χ1v) is 8.18. The van der Waals surface area contributed by atoms with E-state index < -0.39 is 0 Å². The first-order chi connectivity index (χ1) is 9.56. The fourth-order valence-electron chi connectivity index (χ4n) is 2.51. The minimum Gasteiger partial charge on any atom is -0.360 e. The molecule has 20 heavy (non-hydrogen) atoms. The van der Waals surface area contributed by atoms with Gasteiger partial charge in [0, 0.05) is 29.7 Å². The van der Waals surface area contributed by atoms with Crippen molar-refractivity contribution in [2.75, 3.05) is 7.05 Å². The third-order valence-corrected chi connectivity index (χ3v) is 4.72. The van der Waals surface area contributed by atoms with E-state index in [1.807, 2.05) is 24.1 Å². The second-order valence-corrected chi connectivity index (χ2v) is 6.61. The molecular formula is C15H20Cl2N2S. The molecule has 1 aromatic rings. The highest BCUT2D eigenvalue weighted by molar-refractivity contribution is 7.80. The Kier molecular flexibility index (Phi) is 5.94. The molecule has 1 N–H and O–H groups in total. The third kappa shape index (κ3) is 4.51. The van der Waals surface area contributed by atoms with E-state index in [2.05, 4.69) is 5.32 Å². The second-order valence-electron chi connectivity index (χ2n) is 5.38. The van der Waals surface area contributed by atoms with Gasteiger partial charge in [-0.2, -0.15) is 0 Å². The summed E-state index contributed by atoms with van der Waals surface area (Å²) < 4.78 is 0. The summed E-state index contributed by atoms with van der Waals surface area (Å²) in [5, 5.41) is 5.59. The summed E-state index contributed by atoms with van der Waals surface area (Å²) in [5.41, 5.74) is 1.03. The molecule has 2 nitrogen and oxygen atoms in total. The monoisotopic (exact) mass is 330 g/mol. The molecule has 0 unspecified atom stereocenters. The van der Waals surface area contributed by atoms with Crippen molar-refractivity contribution in [3.63, 3.8) is 0 Å². The van der Waals surface area contributed by atoms with Crippen molar-refractivity contribution in [1.29, 1.82) is 0 Å². The van der Waals surface area contributed by atoms with Crippen LogP contribution < -0.4 is 5.32 Å². The predicted molar refractivity (Wildman–Crippen MR) is 90.5 cm³/mol. The molecular weight excluding hydrogens is 311 g/mol. The number of rotatable bonds is 3. The Hall–Kier alpha value is -0.510. The van der Waals surface area contributed by atoms with Gasteiger partial charge in [-0.3, -0.25) is 0 Å². The Morgan fingerprint density at radius 2 is 2.00 bits per heavy atom. The number of nitrogens with zero attached hydrogens (tertiary/aromatic N) is 1. The van der Waals surface area contributed by atoms with Crippen LogP contribution in [0.2, 0.25) is 10.0 Å². The van der Waals surface area contributed by atoms with Crippen LogP contribution in [0.1, 0.15) is 37.7 Å². The molecule has 5 heteroatoms. The molecule has 2 rings (SSSR count). The van der Waals surface area contributed by atoms with E-state index in [9.17, 15) is 0 Å². The average molecular weight is 331 g/mol. The summed E-state index contributed by atoms with van der Waals surface area (Å²) in [5.74, 6) is 0. The van der Waals surface area contributed by atoms with Gasteiger partial charge in [0.1, 0.15) is 0 Å². The van der Waals surface area contributed by atoms with Gasteiger partial charge in [-0.15, -0.1) is 0 Å². The van der Waals surface area contributed by atoms with Crippen molar-refractivity contribution in [2.24, 2.45) is 0 Å². The molecule has 0 amide bonds. The van der Waals surface area contributed by atoms with Crippen molar-refractivity contribution in [1.82, 2.24) is 10.2 Å². The summed E-state index contributed by atoms with van der Waals surface area (Å²) in [6.45, 7) is 0.689. The largest absolute Gasteiger partial charge is 0.360 e. The van der Waals surface area contributed by atoms with Gasteiger partial charge in [-0.05, 0) is 42.8 Å². The molecule has 0 atom stereocenters. The molecule has 110 valence electrons. The lowest BCUT2D eigenvalue weighted by molar-refractivity contribution is 0.392. The number of hydrogen-bond donors (Lipinski definition) is 1. The van der Waals surface area contributed by atoms with Crippen LogP contribution in [0.25, 0.3) is 0 Å². The summed E-state index contributed by atoms with van der Waals surface area (Å²) in [6, 6.07) is 6.10. The molecule has 1 aliphatic carbocycles. The molecule has 0 aliphatic heterocycles. The van der Waals surface area contributed by atoms with Crippen LogP contribution >= 0.6 is 35.4 Å². The van der Waals surface area contributed by atoms with Gasteiger partial charge >= 0.3 is 0 Å². The van der Waals surface area contributed by atoms with Gasteiger partial charge in [0.05, 0.1) is 0 Å². The minimum absolute atomic E-state index is 0.527. The molecule has 1 aliphatic rings. The van der Waals surface area contributed by atoms with E-state index in [0.29, 0.717) is 22.6 Å². The summed E-state index contributed by atoms with van der Waals surface area (Å²) >= 11 is 17.6. The highest BCUT2D eigenvalue weighted by Crippen LogP contribution is 2.22. The highest BCUT2D eigenvalue weighted by Gasteiger charge is 2.16. The zero-order valence-electron chi connectivity index (χ0n) is 11.7. The minimum atomic E-state index is 0.527. The molecule has 0 heterocycles. The number of hydrogen-bond acceptors (Lipinski definition) is 1. The normalized spacial score (nSPS) is 15.9. The van der Waals surface area contributed by atoms with Crippen LogP contribution in [0.4, 0.5) is 0 Å². The van der Waals surface area contributed by atoms with Gasteiger partial charge in [0.25, 0.3) is 0 Å². The molecule has 1 fully saturated rings. The molecule has 1 aromatic carbocycles. The topological polar surface area (TPSA) is 15.3 Å². The van der Waals surface area contributed by atoms with Crippen LogP contribution in [0, 0.1) is 0 Å². The summed E-state index contributed by atoms with van der Waals surface area (Å²) in [7, 11) is 1.99. The van der Waals surface area contributed by atoms with Gasteiger partial charge in [0.2, 0.25) is 0 Å². The standard InChI is InChI=1S/C15H20Cl2N2S/c1-19(10-11-7-8-12(16)9-14(11)17)15(20)18-13-5-3-2-4-6-13/h7-9,13H,2-6,10H2,1H3,(H,18,20). The maximum Gasteiger partial charge on any atom is 0.169 e. The highest BCUT2D eigenvalue weighted by atomic mass is 35.5. The molecule has 0 radical (unpaired) electrons. The smallest absolute Gasteiger partial charge is 0.169 e. The lowest BCUT2D eigenvalue weighted by Gasteiger charge is -2.28. The average Bonchev–Trinajstić information content (AvgIpc) is 2.43. The molecule has 0 aromatic heterocycles. The van der Waals surface area contributed by atoms with Crippen molar-refractivity contribution >= 4 is 40.5 Å². The van der Waals surface area contributed by atoms with Crippen LogP contribution in [0.5, 0.6) is 0 Å².